The first kappa shape index (κ1) is 20.7. The molecule has 1 heterocycles. The van der Waals surface area contributed by atoms with E-state index in [2.05, 4.69) is 50.2 Å². The van der Waals surface area contributed by atoms with Gasteiger partial charge in [-0.2, -0.15) is 0 Å². The average molecular weight is 392 g/mol. The molecule has 0 unspecified atom stereocenters. The highest BCUT2D eigenvalue weighted by atomic mass is 16.5. The first-order chi connectivity index (χ1) is 14.0. The highest BCUT2D eigenvalue weighted by Gasteiger charge is 2.18. The van der Waals surface area contributed by atoms with E-state index in [0.717, 1.165) is 34.6 Å². The van der Waals surface area contributed by atoms with Gasteiger partial charge in [0.1, 0.15) is 11.5 Å². The number of ether oxygens (including phenoxy) is 1. The van der Waals surface area contributed by atoms with E-state index in [1.807, 2.05) is 26.0 Å². The Morgan fingerprint density at radius 1 is 0.966 bits per heavy atom. The summed E-state index contributed by atoms with van der Waals surface area (Å²) in [6, 6.07) is 16.2. The number of carbonyl (C=O) groups is 1. The van der Waals surface area contributed by atoms with Gasteiger partial charge < -0.3 is 14.1 Å². The summed E-state index contributed by atoms with van der Waals surface area (Å²) in [7, 11) is 0. The molecular formula is C25H29NO3. The van der Waals surface area contributed by atoms with Crippen LogP contribution in [0.1, 0.15) is 40.5 Å². The van der Waals surface area contributed by atoms with Crippen molar-refractivity contribution < 1.29 is 13.9 Å². The number of rotatable bonds is 8. The number of carbonyl (C=O) groups excluding carboxylic acids is 1. The zero-order valence-electron chi connectivity index (χ0n) is 17.7. The van der Waals surface area contributed by atoms with Crippen molar-refractivity contribution in [3.05, 3.63) is 88.4 Å². The van der Waals surface area contributed by atoms with Crippen molar-refractivity contribution >= 4 is 5.91 Å². The predicted molar refractivity (Wildman–Crippen MR) is 115 cm³/mol. The molecule has 0 saturated heterocycles. The van der Waals surface area contributed by atoms with Crippen LogP contribution in [0.4, 0.5) is 0 Å². The zero-order chi connectivity index (χ0) is 20.8. The summed E-state index contributed by atoms with van der Waals surface area (Å²) in [6.45, 7) is 9.14. The molecule has 29 heavy (non-hydrogen) atoms. The van der Waals surface area contributed by atoms with E-state index in [-0.39, 0.29) is 12.5 Å². The third-order valence-corrected chi connectivity index (χ3v) is 5.03. The number of hydrogen-bond acceptors (Lipinski definition) is 3. The summed E-state index contributed by atoms with van der Waals surface area (Å²) in [5.74, 6) is 1.47. The Balaban J connectivity index is 1.73. The fraction of sp³-hybridized carbons (Fsp3) is 0.320. The van der Waals surface area contributed by atoms with E-state index in [0.29, 0.717) is 13.1 Å². The highest BCUT2D eigenvalue weighted by molar-refractivity contribution is 5.77. The summed E-state index contributed by atoms with van der Waals surface area (Å²) >= 11 is 0. The minimum absolute atomic E-state index is 0.00149. The van der Waals surface area contributed by atoms with Crippen molar-refractivity contribution in [2.75, 3.05) is 6.61 Å². The normalized spacial score (nSPS) is 10.8. The van der Waals surface area contributed by atoms with Gasteiger partial charge in [0, 0.05) is 6.54 Å². The maximum atomic E-state index is 13.0. The summed E-state index contributed by atoms with van der Waals surface area (Å²) in [6.07, 6.45) is 2.63. The second kappa shape index (κ2) is 9.46. The van der Waals surface area contributed by atoms with Gasteiger partial charge in [0.2, 0.25) is 0 Å². The monoisotopic (exact) mass is 391 g/mol. The van der Waals surface area contributed by atoms with Crippen LogP contribution in [-0.4, -0.2) is 17.4 Å². The van der Waals surface area contributed by atoms with Gasteiger partial charge in [-0.15, -0.1) is 0 Å². The minimum Gasteiger partial charge on any atom is -0.483 e. The average Bonchev–Trinajstić information content (AvgIpc) is 3.20. The summed E-state index contributed by atoms with van der Waals surface area (Å²) in [5.41, 5.74) is 5.65. The van der Waals surface area contributed by atoms with Gasteiger partial charge in [-0.05, 0) is 61.6 Å². The van der Waals surface area contributed by atoms with Gasteiger partial charge in [-0.1, -0.05) is 48.9 Å². The number of benzene rings is 2. The van der Waals surface area contributed by atoms with E-state index in [1.54, 1.807) is 11.2 Å². The quantitative estimate of drug-likeness (QED) is 0.518. The van der Waals surface area contributed by atoms with Gasteiger partial charge in [-0.3, -0.25) is 4.79 Å². The third kappa shape index (κ3) is 5.50. The largest absolute Gasteiger partial charge is 0.483 e. The van der Waals surface area contributed by atoms with Crippen LogP contribution in [0.15, 0.2) is 59.2 Å². The lowest BCUT2D eigenvalue weighted by Gasteiger charge is -2.23. The predicted octanol–water partition coefficient (Wildman–Crippen LogP) is 5.38. The standard InChI is InChI=1S/C25H29NO3/c1-5-21-8-10-22(11-9-21)15-26(16-23-7-6-12-28-23)24(27)17-29-25-19(3)13-18(2)14-20(25)4/h6-14H,5,15-17H2,1-4H3. The molecule has 1 amide bonds. The van der Waals surface area contributed by atoms with Crippen molar-refractivity contribution in [3.8, 4) is 5.75 Å². The molecule has 0 fully saturated rings. The van der Waals surface area contributed by atoms with Crippen LogP contribution < -0.4 is 4.74 Å². The first-order valence-electron chi connectivity index (χ1n) is 10.0. The highest BCUT2D eigenvalue weighted by Crippen LogP contribution is 2.24. The van der Waals surface area contributed by atoms with E-state index < -0.39 is 0 Å². The van der Waals surface area contributed by atoms with Crippen LogP contribution in [0.2, 0.25) is 0 Å². The van der Waals surface area contributed by atoms with Crippen molar-refractivity contribution in [1.29, 1.82) is 0 Å². The summed E-state index contributed by atoms with van der Waals surface area (Å²) in [4.78, 5) is 14.8. The maximum absolute atomic E-state index is 13.0. The fourth-order valence-corrected chi connectivity index (χ4v) is 3.54. The van der Waals surface area contributed by atoms with Crippen molar-refractivity contribution in [3.63, 3.8) is 0 Å². The van der Waals surface area contributed by atoms with Crippen LogP contribution in [-0.2, 0) is 24.3 Å². The second-order valence-corrected chi connectivity index (χ2v) is 7.52. The molecule has 3 aromatic rings. The molecule has 0 atom stereocenters. The number of hydrogen-bond donors (Lipinski definition) is 0. The molecule has 0 saturated carbocycles. The number of nitrogens with zero attached hydrogens (tertiary/aromatic N) is 1. The number of furan rings is 1. The Labute approximate surface area is 173 Å². The molecule has 0 aliphatic carbocycles. The smallest absolute Gasteiger partial charge is 0.261 e. The SMILES string of the molecule is CCc1ccc(CN(Cc2ccco2)C(=O)COc2c(C)cc(C)cc2C)cc1. The van der Waals surface area contributed by atoms with Crippen LogP contribution in [0.25, 0.3) is 0 Å². The van der Waals surface area contributed by atoms with Gasteiger partial charge in [0.15, 0.2) is 6.61 Å². The van der Waals surface area contributed by atoms with Crippen molar-refractivity contribution in [2.45, 2.75) is 47.2 Å². The van der Waals surface area contributed by atoms with E-state index in [1.165, 1.54) is 11.1 Å². The molecule has 1 aromatic heterocycles. The third-order valence-electron chi connectivity index (χ3n) is 5.03. The molecule has 4 heteroatoms. The van der Waals surface area contributed by atoms with Gasteiger partial charge in [0.25, 0.3) is 5.91 Å². The topological polar surface area (TPSA) is 42.7 Å². The molecule has 3 rings (SSSR count). The molecular weight excluding hydrogens is 362 g/mol. The first-order valence-corrected chi connectivity index (χ1v) is 10.0. The summed E-state index contributed by atoms with van der Waals surface area (Å²) < 4.78 is 11.4. The van der Waals surface area contributed by atoms with E-state index >= 15 is 0 Å². The number of amides is 1. The second-order valence-electron chi connectivity index (χ2n) is 7.52. The zero-order valence-corrected chi connectivity index (χ0v) is 17.7. The minimum atomic E-state index is -0.0691. The lowest BCUT2D eigenvalue weighted by molar-refractivity contribution is -0.134. The van der Waals surface area contributed by atoms with Crippen LogP contribution in [0, 0.1) is 20.8 Å². The molecule has 4 nitrogen and oxygen atoms in total. The molecule has 152 valence electrons. The Hall–Kier alpha value is -3.01. The van der Waals surface area contributed by atoms with Crippen LogP contribution in [0.3, 0.4) is 0 Å². The Kier molecular flexibility index (Phi) is 6.76. The number of aryl methyl sites for hydroxylation is 4. The van der Waals surface area contributed by atoms with E-state index in [4.69, 9.17) is 9.15 Å². The van der Waals surface area contributed by atoms with Crippen molar-refractivity contribution in [1.82, 2.24) is 4.90 Å². The van der Waals surface area contributed by atoms with Gasteiger partial charge >= 0.3 is 0 Å². The van der Waals surface area contributed by atoms with Crippen LogP contribution >= 0.6 is 0 Å². The maximum Gasteiger partial charge on any atom is 0.261 e. The van der Waals surface area contributed by atoms with E-state index in [9.17, 15) is 4.79 Å². The molecule has 2 aromatic carbocycles. The summed E-state index contributed by atoms with van der Waals surface area (Å²) in [5, 5.41) is 0. The Bertz CT molecular complexity index is 920. The lowest BCUT2D eigenvalue weighted by atomic mass is 10.1. The van der Waals surface area contributed by atoms with Gasteiger partial charge in [-0.25, -0.2) is 0 Å². The van der Waals surface area contributed by atoms with Crippen LogP contribution in [0.5, 0.6) is 5.75 Å². The Morgan fingerprint density at radius 3 is 2.21 bits per heavy atom. The molecule has 0 N–H and O–H groups in total. The molecule has 0 aliphatic rings. The molecule has 0 bridgehead atoms. The van der Waals surface area contributed by atoms with Gasteiger partial charge in [0.05, 0.1) is 12.8 Å². The van der Waals surface area contributed by atoms with Crippen molar-refractivity contribution in [2.24, 2.45) is 0 Å². The lowest BCUT2D eigenvalue weighted by Crippen LogP contribution is -2.34. The molecule has 0 spiro atoms. The molecule has 0 aliphatic heterocycles. The Morgan fingerprint density at radius 2 is 1.62 bits per heavy atom. The fourth-order valence-electron chi connectivity index (χ4n) is 3.54. The molecule has 0 radical (unpaired) electrons.